The van der Waals surface area contributed by atoms with E-state index >= 15 is 0 Å². The third-order valence-electron chi connectivity index (χ3n) is 4.15. The van der Waals surface area contributed by atoms with E-state index in [0.717, 1.165) is 0 Å². The van der Waals surface area contributed by atoms with Crippen molar-refractivity contribution in [1.82, 2.24) is 29.8 Å². The molecule has 0 unspecified atom stereocenters. The first-order valence-electron chi connectivity index (χ1n) is 8.22. The summed E-state index contributed by atoms with van der Waals surface area (Å²) in [6.45, 7) is 2.40. The summed E-state index contributed by atoms with van der Waals surface area (Å²) in [5, 5.41) is 0.577. The fourth-order valence-electron chi connectivity index (χ4n) is 2.56. The molecule has 0 aliphatic rings. The van der Waals surface area contributed by atoms with Crippen molar-refractivity contribution in [2.24, 2.45) is 0 Å². The molecule has 3 N–H and O–H groups in total. The first-order valence-corrected chi connectivity index (χ1v) is 8.22. The summed E-state index contributed by atoms with van der Waals surface area (Å²) < 4.78 is 0. The second kappa shape index (κ2) is 7.04. The highest BCUT2D eigenvalue weighted by Gasteiger charge is 2.18. The van der Waals surface area contributed by atoms with Crippen LogP contribution in [0.5, 0.6) is 0 Å². The van der Waals surface area contributed by atoms with Crippen molar-refractivity contribution in [3.05, 3.63) is 46.3 Å². The van der Waals surface area contributed by atoms with Crippen LogP contribution in [-0.4, -0.2) is 51.0 Å². The molecule has 0 aliphatic carbocycles. The topological polar surface area (TPSA) is 117 Å². The lowest BCUT2D eigenvalue weighted by Crippen LogP contribution is -2.27. The van der Waals surface area contributed by atoms with Crippen LogP contribution in [0.4, 0.5) is 11.9 Å². The molecule has 1 aromatic carbocycles. The fourth-order valence-corrected chi connectivity index (χ4v) is 2.56. The number of fused-ring (bicyclic) bond motifs is 1. The Kier molecular flexibility index (Phi) is 4.81. The summed E-state index contributed by atoms with van der Waals surface area (Å²) in [4.78, 5) is 36.1. The van der Waals surface area contributed by atoms with Crippen molar-refractivity contribution < 1.29 is 0 Å². The molecule has 0 saturated carbocycles. The Bertz CT molecular complexity index is 984. The van der Waals surface area contributed by atoms with Gasteiger partial charge in [0.25, 0.3) is 5.56 Å². The fraction of sp³-hybridized carbons (Fsp3) is 0.353. The van der Waals surface area contributed by atoms with Crippen molar-refractivity contribution in [1.29, 1.82) is 0 Å². The minimum absolute atomic E-state index is 0.143. The van der Waals surface area contributed by atoms with E-state index in [2.05, 4.69) is 24.9 Å². The molecule has 26 heavy (non-hydrogen) atoms. The average molecular weight is 354 g/mol. The number of aromatic nitrogens is 5. The van der Waals surface area contributed by atoms with Crippen LogP contribution in [-0.2, 0) is 6.54 Å². The zero-order valence-electron chi connectivity index (χ0n) is 15.3. The largest absolute Gasteiger partial charge is 0.368 e. The van der Waals surface area contributed by atoms with E-state index in [-0.39, 0.29) is 17.5 Å². The quantitative estimate of drug-likeness (QED) is 0.695. The van der Waals surface area contributed by atoms with E-state index in [9.17, 15) is 4.79 Å². The van der Waals surface area contributed by atoms with Gasteiger partial charge < -0.3 is 15.6 Å². The van der Waals surface area contributed by atoms with Crippen molar-refractivity contribution in [2.75, 3.05) is 31.8 Å². The van der Waals surface area contributed by atoms with E-state index in [0.29, 0.717) is 35.0 Å². The van der Waals surface area contributed by atoms with Crippen LogP contribution in [0.1, 0.15) is 24.6 Å². The van der Waals surface area contributed by atoms with Gasteiger partial charge in [-0.1, -0.05) is 12.1 Å². The number of nitrogen functional groups attached to an aromatic ring is 1. The van der Waals surface area contributed by atoms with E-state index in [1.165, 1.54) is 0 Å². The average Bonchev–Trinajstić information content (AvgIpc) is 2.60. The first-order chi connectivity index (χ1) is 12.3. The van der Waals surface area contributed by atoms with Crippen LogP contribution < -0.4 is 16.2 Å². The maximum atomic E-state index is 12.2. The third-order valence-corrected chi connectivity index (χ3v) is 4.15. The van der Waals surface area contributed by atoms with Gasteiger partial charge in [-0.3, -0.25) is 9.69 Å². The van der Waals surface area contributed by atoms with E-state index in [1.54, 1.807) is 11.0 Å². The molecular weight excluding hydrogens is 332 g/mol. The van der Waals surface area contributed by atoms with Gasteiger partial charge in [0, 0.05) is 14.1 Å². The van der Waals surface area contributed by atoms with Crippen molar-refractivity contribution in [2.45, 2.75) is 19.5 Å². The zero-order chi connectivity index (χ0) is 18.8. The monoisotopic (exact) mass is 354 g/mol. The highest BCUT2D eigenvalue weighted by molar-refractivity contribution is 5.77. The number of aromatic amines is 1. The number of para-hydroxylation sites is 1. The number of nitrogens with zero attached hydrogens (tertiary/aromatic N) is 6. The van der Waals surface area contributed by atoms with Crippen LogP contribution in [0, 0.1) is 0 Å². The molecule has 2 heterocycles. The summed E-state index contributed by atoms with van der Waals surface area (Å²) in [6, 6.07) is 7.12. The Labute approximate surface area is 150 Å². The molecule has 136 valence electrons. The number of H-pyrrole nitrogens is 1. The van der Waals surface area contributed by atoms with Gasteiger partial charge in [-0.05, 0) is 26.1 Å². The van der Waals surface area contributed by atoms with Gasteiger partial charge in [0.05, 0.1) is 23.5 Å². The Morgan fingerprint density at radius 1 is 1.12 bits per heavy atom. The number of hydrogen-bond acceptors (Lipinski definition) is 8. The maximum Gasteiger partial charge on any atom is 0.258 e. The molecular formula is C17H22N8O. The molecule has 1 atom stereocenters. The van der Waals surface area contributed by atoms with Crippen molar-refractivity contribution in [3.63, 3.8) is 0 Å². The van der Waals surface area contributed by atoms with E-state index < -0.39 is 0 Å². The molecule has 0 bridgehead atoms. The number of hydrogen-bond donors (Lipinski definition) is 2. The van der Waals surface area contributed by atoms with Gasteiger partial charge in [0.1, 0.15) is 5.82 Å². The summed E-state index contributed by atoms with van der Waals surface area (Å²) in [5.41, 5.74) is 6.33. The lowest BCUT2D eigenvalue weighted by Gasteiger charge is -2.23. The number of benzene rings is 1. The number of rotatable bonds is 5. The molecule has 0 radical (unpaired) electrons. The maximum absolute atomic E-state index is 12.2. The van der Waals surface area contributed by atoms with Gasteiger partial charge >= 0.3 is 0 Å². The summed E-state index contributed by atoms with van der Waals surface area (Å²) in [7, 11) is 5.60. The molecule has 3 aromatic rings. The van der Waals surface area contributed by atoms with E-state index in [1.807, 2.05) is 51.2 Å². The second-order valence-electron chi connectivity index (χ2n) is 6.37. The van der Waals surface area contributed by atoms with Crippen LogP contribution in [0.2, 0.25) is 0 Å². The minimum atomic E-state index is -0.147. The standard InChI is InChI=1S/C17H22N8O/c1-10(14-21-16(18)23-17(22-14)24(2)3)25(4)9-13-19-12-8-6-5-7-11(12)15(26)20-13/h5-8,10H,9H2,1-4H3,(H,19,20,26)(H2,18,21,22,23)/t10-/m0/s1. The highest BCUT2D eigenvalue weighted by Crippen LogP contribution is 2.19. The molecule has 0 fully saturated rings. The Morgan fingerprint density at radius 3 is 2.58 bits per heavy atom. The predicted octanol–water partition coefficient (Wildman–Crippen LogP) is 0.949. The van der Waals surface area contributed by atoms with Crippen molar-refractivity contribution >= 4 is 22.8 Å². The molecule has 9 heteroatoms. The molecule has 3 rings (SSSR count). The lowest BCUT2D eigenvalue weighted by molar-refractivity contribution is 0.238. The lowest BCUT2D eigenvalue weighted by atomic mass is 10.2. The predicted molar refractivity (Wildman–Crippen MR) is 101 cm³/mol. The molecule has 0 spiro atoms. The first kappa shape index (κ1) is 17.7. The second-order valence-corrected chi connectivity index (χ2v) is 6.37. The molecule has 9 nitrogen and oxygen atoms in total. The molecule has 0 saturated heterocycles. The zero-order valence-corrected chi connectivity index (χ0v) is 15.3. The van der Waals surface area contributed by atoms with Crippen LogP contribution in [0.3, 0.4) is 0 Å². The normalized spacial score (nSPS) is 12.5. The van der Waals surface area contributed by atoms with Gasteiger partial charge in [0.2, 0.25) is 11.9 Å². The molecule has 0 amide bonds. The number of nitrogens with one attached hydrogen (secondary N) is 1. The third kappa shape index (κ3) is 3.62. The van der Waals surface area contributed by atoms with Crippen molar-refractivity contribution in [3.8, 4) is 0 Å². The molecule has 2 aromatic heterocycles. The van der Waals surface area contributed by atoms with Crippen LogP contribution in [0.25, 0.3) is 10.9 Å². The molecule has 0 aliphatic heterocycles. The Morgan fingerprint density at radius 2 is 1.85 bits per heavy atom. The van der Waals surface area contributed by atoms with Gasteiger partial charge in [0.15, 0.2) is 5.82 Å². The van der Waals surface area contributed by atoms with E-state index in [4.69, 9.17) is 5.73 Å². The highest BCUT2D eigenvalue weighted by atomic mass is 16.1. The van der Waals surface area contributed by atoms with Gasteiger partial charge in [-0.15, -0.1) is 0 Å². The van der Waals surface area contributed by atoms with Gasteiger partial charge in [-0.2, -0.15) is 15.0 Å². The number of nitrogens with two attached hydrogens (primary N) is 1. The SMILES string of the molecule is C[C@@H](c1nc(N)nc(N(C)C)n1)N(C)Cc1nc2ccccc2c(=O)[nH]1. The van der Waals surface area contributed by atoms with Crippen LogP contribution >= 0.6 is 0 Å². The summed E-state index contributed by atoms with van der Waals surface area (Å²) in [6.07, 6.45) is 0. The smallest absolute Gasteiger partial charge is 0.258 e. The number of anilines is 2. The van der Waals surface area contributed by atoms with Crippen LogP contribution in [0.15, 0.2) is 29.1 Å². The van der Waals surface area contributed by atoms with Gasteiger partial charge in [-0.25, -0.2) is 4.98 Å². The Hall–Kier alpha value is -3.07. The minimum Gasteiger partial charge on any atom is -0.368 e. The summed E-state index contributed by atoms with van der Waals surface area (Å²) in [5.74, 6) is 1.82. The summed E-state index contributed by atoms with van der Waals surface area (Å²) >= 11 is 0. The Balaban J connectivity index is 1.86.